The van der Waals surface area contributed by atoms with Gasteiger partial charge in [-0.1, -0.05) is 30.3 Å². The summed E-state index contributed by atoms with van der Waals surface area (Å²) in [6.45, 7) is 4.26. The summed E-state index contributed by atoms with van der Waals surface area (Å²) in [5.74, 6) is -0.510. The van der Waals surface area contributed by atoms with E-state index in [1.54, 1.807) is 30.0 Å². The molecule has 0 fully saturated rings. The summed E-state index contributed by atoms with van der Waals surface area (Å²) in [6, 6.07) is 12.7. The van der Waals surface area contributed by atoms with Gasteiger partial charge in [0, 0.05) is 16.8 Å². The van der Waals surface area contributed by atoms with Crippen LogP contribution in [0, 0.1) is 0 Å². The Hall–Kier alpha value is -2.95. The van der Waals surface area contributed by atoms with Gasteiger partial charge in [-0.2, -0.15) is 0 Å². The minimum absolute atomic E-state index is 0.0537. The molecule has 1 aliphatic heterocycles. The highest BCUT2D eigenvalue weighted by atomic mass is 16.5. The van der Waals surface area contributed by atoms with Gasteiger partial charge >= 0.3 is 5.97 Å². The molecule has 1 aromatic carbocycles. The molecule has 0 saturated carbocycles. The van der Waals surface area contributed by atoms with Crippen LogP contribution in [0.15, 0.2) is 48.5 Å². The SMILES string of the molecule is C/C=C1\c2ccccc2C(=O)N1Cc1cccc(C(=O)OCC)n1. The number of pyridine rings is 1. The lowest BCUT2D eigenvalue weighted by Crippen LogP contribution is -2.23. The van der Waals surface area contributed by atoms with Gasteiger partial charge in [0.05, 0.1) is 18.8 Å². The van der Waals surface area contributed by atoms with Gasteiger partial charge in [0.25, 0.3) is 5.91 Å². The van der Waals surface area contributed by atoms with Crippen molar-refractivity contribution in [3.63, 3.8) is 0 Å². The van der Waals surface area contributed by atoms with Gasteiger partial charge in [0.1, 0.15) is 5.69 Å². The first kappa shape index (κ1) is 15.9. The molecule has 0 unspecified atom stereocenters. The van der Waals surface area contributed by atoms with Crippen LogP contribution in [0.4, 0.5) is 0 Å². The summed E-state index contributed by atoms with van der Waals surface area (Å²) < 4.78 is 4.97. The van der Waals surface area contributed by atoms with Crippen LogP contribution in [0.2, 0.25) is 0 Å². The number of allylic oxidation sites excluding steroid dienone is 1. The maximum absolute atomic E-state index is 12.7. The summed E-state index contributed by atoms with van der Waals surface area (Å²) in [4.78, 5) is 30.5. The van der Waals surface area contributed by atoms with Crippen molar-refractivity contribution < 1.29 is 14.3 Å². The van der Waals surface area contributed by atoms with Gasteiger partial charge in [-0.05, 0) is 32.0 Å². The van der Waals surface area contributed by atoms with E-state index >= 15 is 0 Å². The molecule has 0 bridgehead atoms. The molecule has 1 amide bonds. The molecular weight excluding hydrogens is 304 g/mol. The summed E-state index contributed by atoms with van der Waals surface area (Å²) in [5.41, 5.74) is 3.36. The summed E-state index contributed by atoms with van der Waals surface area (Å²) >= 11 is 0. The molecule has 0 saturated heterocycles. The third-order valence-corrected chi connectivity index (χ3v) is 3.85. The van der Waals surface area contributed by atoms with Crippen molar-refractivity contribution in [2.24, 2.45) is 0 Å². The van der Waals surface area contributed by atoms with Crippen molar-refractivity contribution in [1.82, 2.24) is 9.88 Å². The molecule has 5 nitrogen and oxygen atoms in total. The molecule has 3 rings (SSSR count). The number of aromatic nitrogens is 1. The van der Waals surface area contributed by atoms with Gasteiger partial charge in [0.15, 0.2) is 0 Å². The molecule has 1 aliphatic rings. The molecule has 1 aromatic heterocycles. The molecular formula is C19H18N2O3. The lowest BCUT2D eigenvalue weighted by Gasteiger charge is -2.18. The van der Waals surface area contributed by atoms with E-state index in [0.29, 0.717) is 24.4 Å². The van der Waals surface area contributed by atoms with Crippen LogP contribution in [-0.4, -0.2) is 28.4 Å². The van der Waals surface area contributed by atoms with E-state index in [-0.39, 0.29) is 11.6 Å². The molecule has 5 heteroatoms. The lowest BCUT2D eigenvalue weighted by atomic mass is 10.1. The number of nitrogens with zero attached hydrogens (tertiary/aromatic N) is 2. The first-order valence-corrected chi connectivity index (χ1v) is 7.86. The van der Waals surface area contributed by atoms with Crippen molar-refractivity contribution in [3.8, 4) is 0 Å². The molecule has 0 aliphatic carbocycles. The smallest absolute Gasteiger partial charge is 0.356 e. The first-order valence-electron chi connectivity index (χ1n) is 7.86. The highest BCUT2D eigenvalue weighted by molar-refractivity contribution is 6.09. The van der Waals surface area contributed by atoms with Crippen LogP contribution in [0.25, 0.3) is 5.70 Å². The van der Waals surface area contributed by atoms with E-state index in [4.69, 9.17) is 4.74 Å². The number of fused-ring (bicyclic) bond motifs is 1. The molecule has 0 spiro atoms. The van der Waals surface area contributed by atoms with Crippen LogP contribution in [0.5, 0.6) is 0 Å². The standard InChI is InChI=1S/C19H18N2O3/c1-3-17-14-9-5-6-10-15(14)18(22)21(17)12-13-8-7-11-16(20-13)19(23)24-4-2/h3,5-11H,4,12H2,1-2H3/b17-3+. The van der Waals surface area contributed by atoms with Crippen molar-refractivity contribution in [1.29, 1.82) is 0 Å². The Balaban J connectivity index is 1.88. The van der Waals surface area contributed by atoms with Gasteiger partial charge in [-0.15, -0.1) is 0 Å². The van der Waals surface area contributed by atoms with Crippen LogP contribution in [-0.2, 0) is 11.3 Å². The second kappa shape index (κ2) is 6.66. The fraction of sp³-hybridized carbons (Fsp3) is 0.211. The molecule has 2 heterocycles. The molecule has 0 N–H and O–H groups in total. The van der Waals surface area contributed by atoms with Crippen molar-refractivity contribution >= 4 is 17.6 Å². The van der Waals surface area contributed by atoms with Crippen LogP contribution >= 0.6 is 0 Å². The topological polar surface area (TPSA) is 59.5 Å². The third-order valence-electron chi connectivity index (χ3n) is 3.85. The number of rotatable bonds is 4. The predicted molar refractivity (Wildman–Crippen MR) is 90.2 cm³/mol. The summed E-state index contributed by atoms with van der Waals surface area (Å²) in [5, 5.41) is 0. The molecule has 122 valence electrons. The van der Waals surface area contributed by atoms with Crippen LogP contribution in [0.1, 0.15) is 46.0 Å². The monoisotopic (exact) mass is 322 g/mol. The zero-order valence-corrected chi connectivity index (χ0v) is 13.7. The second-order valence-electron chi connectivity index (χ2n) is 5.35. The highest BCUT2D eigenvalue weighted by Crippen LogP contribution is 2.33. The number of carbonyl (C=O) groups is 2. The Bertz CT molecular complexity index is 827. The van der Waals surface area contributed by atoms with E-state index < -0.39 is 5.97 Å². The summed E-state index contributed by atoms with van der Waals surface area (Å²) in [6.07, 6.45) is 1.92. The van der Waals surface area contributed by atoms with Crippen molar-refractivity contribution in [2.75, 3.05) is 6.61 Å². The maximum Gasteiger partial charge on any atom is 0.356 e. The quantitative estimate of drug-likeness (QED) is 0.811. The largest absolute Gasteiger partial charge is 0.461 e. The Morgan fingerprint density at radius 2 is 1.92 bits per heavy atom. The first-order chi connectivity index (χ1) is 11.7. The van der Waals surface area contributed by atoms with Crippen molar-refractivity contribution in [3.05, 3.63) is 71.1 Å². The van der Waals surface area contributed by atoms with Crippen LogP contribution < -0.4 is 0 Å². The highest BCUT2D eigenvalue weighted by Gasteiger charge is 2.31. The zero-order chi connectivity index (χ0) is 17.1. The minimum atomic E-state index is -0.457. The minimum Gasteiger partial charge on any atom is -0.461 e. The van der Waals surface area contributed by atoms with E-state index in [0.717, 1.165) is 11.3 Å². The average Bonchev–Trinajstić information content (AvgIpc) is 2.87. The number of carbonyl (C=O) groups excluding carboxylic acids is 2. The predicted octanol–water partition coefficient (Wildman–Crippen LogP) is 3.28. The number of hydrogen-bond acceptors (Lipinski definition) is 4. The Kier molecular flexibility index (Phi) is 4.42. The number of hydrogen-bond donors (Lipinski definition) is 0. The van der Waals surface area contributed by atoms with E-state index in [1.165, 1.54) is 0 Å². The van der Waals surface area contributed by atoms with E-state index in [2.05, 4.69) is 4.98 Å². The normalized spacial score (nSPS) is 14.8. The van der Waals surface area contributed by atoms with E-state index in [9.17, 15) is 9.59 Å². The molecule has 2 aromatic rings. The van der Waals surface area contributed by atoms with Gasteiger partial charge in [0.2, 0.25) is 0 Å². The number of esters is 1. The Morgan fingerprint density at radius 3 is 2.62 bits per heavy atom. The van der Waals surface area contributed by atoms with Crippen LogP contribution in [0.3, 0.4) is 0 Å². The van der Waals surface area contributed by atoms with Gasteiger partial charge < -0.3 is 9.64 Å². The number of ether oxygens (including phenoxy) is 1. The molecule has 0 atom stereocenters. The second-order valence-corrected chi connectivity index (χ2v) is 5.35. The van der Waals surface area contributed by atoms with Gasteiger partial charge in [-0.25, -0.2) is 9.78 Å². The zero-order valence-electron chi connectivity index (χ0n) is 13.7. The Morgan fingerprint density at radius 1 is 1.17 bits per heavy atom. The summed E-state index contributed by atoms with van der Waals surface area (Å²) in [7, 11) is 0. The number of amides is 1. The molecule has 24 heavy (non-hydrogen) atoms. The Labute approximate surface area is 140 Å². The van der Waals surface area contributed by atoms with E-state index in [1.807, 2.05) is 37.3 Å². The fourth-order valence-corrected chi connectivity index (χ4v) is 2.81. The number of benzene rings is 1. The fourth-order valence-electron chi connectivity index (χ4n) is 2.81. The average molecular weight is 322 g/mol. The lowest BCUT2D eigenvalue weighted by molar-refractivity contribution is 0.0519. The third kappa shape index (κ3) is 2.80. The molecule has 0 radical (unpaired) electrons. The van der Waals surface area contributed by atoms with Gasteiger partial charge in [-0.3, -0.25) is 4.79 Å². The maximum atomic E-state index is 12.7. The van der Waals surface area contributed by atoms with Crippen molar-refractivity contribution in [2.45, 2.75) is 20.4 Å².